The van der Waals surface area contributed by atoms with Gasteiger partial charge in [-0.25, -0.2) is 5.06 Å². The van der Waals surface area contributed by atoms with Crippen molar-refractivity contribution in [3.63, 3.8) is 0 Å². The molecule has 4 nitrogen and oxygen atoms in total. The van der Waals surface area contributed by atoms with Crippen molar-refractivity contribution in [2.75, 3.05) is 6.61 Å². The van der Waals surface area contributed by atoms with Gasteiger partial charge in [0.2, 0.25) is 5.91 Å². The van der Waals surface area contributed by atoms with E-state index in [1.54, 1.807) is 0 Å². The normalized spacial score (nSPS) is 41.1. The van der Waals surface area contributed by atoms with E-state index < -0.39 is 5.54 Å². The van der Waals surface area contributed by atoms with Crippen LogP contribution in [-0.2, 0) is 30.6 Å². The van der Waals surface area contributed by atoms with Crippen molar-refractivity contribution < 1.29 is 35.8 Å². The van der Waals surface area contributed by atoms with Crippen LogP contribution in [0.15, 0.2) is 12.2 Å². The van der Waals surface area contributed by atoms with Crippen LogP contribution in [0.3, 0.4) is 0 Å². The molecule has 1 saturated heterocycles. The smallest absolute Gasteiger partial charge is 0.249 e. The fraction of sp³-hybridized carbons (Fsp3) is 0.786. The summed E-state index contributed by atoms with van der Waals surface area (Å²) >= 11 is 0. The van der Waals surface area contributed by atoms with Gasteiger partial charge >= 0.3 is 0 Å². The van der Waals surface area contributed by atoms with Crippen LogP contribution >= 0.6 is 0 Å². The van der Waals surface area contributed by atoms with Crippen molar-refractivity contribution in [3.05, 3.63) is 12.2 Å². The van der Waals surface area contributed by atoms with Crippen molar-refractivity contribution in [1.29, 1.82) is 0 Å². The second-order valence-corrected chi connectivity index (χ2v) is 5.82. The third-order valence-electron chi connectivity index (χ3n) is 4.83. The molecule has 2 rings (SSSR count). The fourth-order valence-electron chi connectivity index (χ4n) is 3.06. The number of nitrogens with zero attached hydrogens (tertiary/aromatic N) is 1. The van der Waals surface area contributed by atoms with Crippen LogP contribution in [0.2, 0.25) is 0 Å². The molecule has 0 radical (unpaired) electrons. The third kappa shape index (κ3) is 2.43. The molecule has 4 atom stereocenters. The van der Waals surface area contributed by atoms with E-state index in [9.17, 15) is 10.0 Å². The van der Waals surface area contributed by atoms with E-state index in [-0.39, 0.29) is 44.4 Å². The van der Waals surface area contributed by atoms with Gasteiger partial charge in [0.15, 0.2) is 0 Å². The Labute approximate surface area is 129 Å². The predicted octanol–water partition coefficient (Wildman–Crippen LogP) is 2.37. The summed E-state index contributed by atoms with van der Waals surface area (Å²) in [6, 6.07) is 0. The van der Waals surface area contributed by atoms with Gasteiger partial charge in [0, 0.05) is 27.7 Å². The number of β-lactam (4-membered cyclic amide) rings is 1. The van der Waals surface area contributed by atoms with Crippen molar-refractivity contribution >= 4 is 5.91 Å². The average Bonchev–Trinajstić information content (AvgIpc) is 2.37. The van der Waals surface area contributed by atoms with Gasteiger partial charge in [0.05, 0.1) is 17.6 Å². The van der Waals surface area contributed by atoms with Crippen molar-refractivity contribution in [3.8, 4) is 0 Å². The number of ether oxygens (including phenoxy) is 1. The molecule has 1 aliphatic heterocycles. The first-order chi connectivity index (χ1) is 8.37. The number of carbonyl (C=O) groups excluding carboxylic acids is 1. The first-order valence-electron chi connectivity index (χ1n) is 6.73. The number of hydroxylamine groups is 2. The number of amides is 1. The molecule has 0 aromatic rings. The van der Waals surface area contributed by atoms with E-state index in [1.165, 1.54) is 0 Å². The van der Waals surface area contributed by atoms with E-state index >= 15 is 0 Å². The zero-order valence-electron chi connectivity index (χ0n) is 12.0. The molecule has 108 valence electrons. The minimum atomic E-state index is -0.508. The molecule has 5 heteroatoms. The molecule has 1 aliphatic carbocycles. The molecule has 19 heavy (non-hydrogen) atoms. The van der Waals surface area contributed by atoms with Crippen LogP contribution in [0.1, 0.15) is 40.5 Å². The van der Waals surface area contributed by atoms with Gasteiger partial charge in [-0.2, -0.15) is 0 Å². The van der Waals surface area contributed by atoms with Crippen molar-refractivity contribution in [1.82, 2.24) is 5.06 Å². The van der Waals surface area contributed by atoms with Gasteiger partial charge in [-0.3, -0.25) is 10.0 Å². The standard InChI is InChI=1S/C14H23NO3.W/c1-5-8-18-13(4)6-7-14(11(3)10(13)2)9-12(16)15(14)17;/h6-7,10-11,17H,5,8-9H2,1-4H3;/t10-,11+,13+,14?;/m0./s1. The van der Waals surface area contributed by atoms with E-state index in [0.717, 1.165) is 18.1 Å². The quantitative estimate of drug-likeness (QED) is 0.419. The second-order valence-electron chi connectivity index (χ2n) is 5.82. The SMILES string of the molecule is CCCO[C@]1(C)C=CC2(CC(=O)N2O)[C@H](C)[C@@H]1C.[W]. The van der Waals surface area contributed by atoms with Gasteiger partial charge in [-0.05, 0) is 25.2 Å². The largest absolute Gasteiger partial charge is 0.371 e. The zero-order chi connectivity index (χ0) is 13.6. The first-order valence-corrected chi connectivity index (χ1v) is 6.73. The molecular formula is C14H23NO3W. The van der Waals surface area contributed by atoms with Crippen molar-refractivity contribution in [2.45, 2.75) is 51.7 Å². The summed E-state index contributed by atoms with van der Waals surface area (Å²) in [6.45, 7) is 9.10. The van der Waals surface area contributed by atoms with Gasteiger partial charge < -0.3 is 4.74 Å². The minimum absolute atomic E-state index is 0. The summed E-state index contributed by atoms with van der Waals surface area (Å²) in [7, 11) is 0. The molecule has 0 saturated carbocycles. The van der Waals surface area contributed by atoms with Crippen LogP contribution in [0.25, 0.3) is 0 Å². The van der Waals surface area contributed by atoms with Crippen LogP contribution in [0.4, 0.5) is 0 Å². The maximum atomic E-state index is 11.3. The number of rotatable bonds is 3. The maximum Gasteiger partial charge on any atom is 0.249 e. The Morgan fingerprint density at radius 1 is 1.42 bits per heavy atom. The Morgan fingerprint density at radius 3 is 2.53 bits per heavy atom. The Bertz CT molecular complexity index is 387. The minimum Gasteiger partial charge on any atom is -0.371 e. The van der Waals surface area contributed by atoms with E-state index in [2.05, 4.69) is 27.7 Å². The molecule has 1 heterocycles. The number of hydrogen-bond donors (Lipinski definition) is 1. The molecule has 0 aromatic carbocycles. The Hall–Kier alpha value is -0.182. The molecule has 1 amide bonds. The second kappa shape index (κ2) is 5.67. The Kier molecular flexibility index (Phi) is 5.03. The van der Waals surface area contributed by atoms with Gasteiger partial charge in [0.1, 0.15) is 0 Å². The Morgan fingerprint density at radius 2 is 2.05 bits per heavy atom. The molecule has 1 fully saturated rings. The van der Waals surface area contributed by atoms with Gasteiger partial charge in [-0.15, -0.1) is 0 Å². The summed E-state index contributed by atoms with van der Waals surface area (Å²) in [5, 5.41) is 10.7. The maximum absolute atomic E-state index is 11.3. The number of hydrogen-bond acceptors (Lipinski definition) is 3. The van der Waals surface area contributed by atoms with E-state index in [1.807, 2.05) is 12.2 Å². The topological polar surface area (TPSA) is 49.8 Å². The van der Waals surface area contributed by atoms with Crippen LogP contribution < -0.4 is 0 Å². The van der Waals surface area contributed by atoms with Gasteiger partial charge in [0.25, 0.3) is 0 Å². The zero-order valence-corrected chi connectivity index (χ0v) is 15.0. The molecule has 2 aliphatic rings. The first kappa shape index (κ1) is 16.9. The summed E-state index contributed by atoms with van der Waals surface area (Å²) in [6.07, 6.45) is 5.35. The van der Waals surface area contributed by atoms with Crippen LogP contribution in [0, 0.1) is 11.8 Å². The summed E-state index contributed by atoms with van der Waals surface area (Å²) in [5.41, 5.74) is -0.814. The molecule has 0 aromatic heterocycles. The molecule has 1 spiro atoms. The monoisotopic (exact) mass is 437 g/mol. The third-order valence-corrected chi connectivity index (χ3v) is 4.83. The van der Waals surface area contributed by atoms with Crippen LogP contribution in [0.5, 0.6) is 0 Å². The fourth-order valence-corrected chi connectivity index (χ4v) is 3.06. The van der Waals surface area contributed by atoms with Crippen LogP contribution in [-0.4, -0.2) is 33.9 Å². The van der Waals surface area contributed by atoms with Gasteiger partial charge in [-0.1, -0.05) is 32.9 Å². The summed E-state index contributed by atoms with van der Waals surface area (Å²) < 4.78 is 5.95. The average molecular weight is 437 g/mol. The predicted molar refractivity (Wildman–Crippen MR) is 68.1 cm³/mol. The molecule has 1 unspecified atom stereocenters. The number of carbonyl (C=O) groups is 1. The Balaban J connectivity index is 0.00000180. The van der Waals surface area contributed by atoms with E-state index in [0.29, 0.717) is 6.42 Å². The van der Waals surface area contributed by atoms with E-state index in [4.69, 9.17) is 4.74 Å². The molecule has 0 bridgehead atoms. The molecular weight excluding hydrogens is 414 g/mol. The molecule has 1 N–H and O–H groups in total. The summed E-state index contributed by atoms with van der Waals surface area (Å²) in [5.74, 6) is 0.223. The van der Waals surface area contributed by atoms with Crippen molar-refractivity contribution in [2.24, 2.45) is 11.8 Å². The summed E-state index contributed by atoms with van der Waals surface area (Å²) in [4.78, 5) is 11.3.